The zero-order valence-electron chi connectivity index (χ0n) is 39.3. The second kappa shape index (κ2) is 20.3. The molecule has 1 saturated carbocycles. The molecule has 2 aliphatic heterocycles. The fraction of sp³-hybridized carbons (Fsp3) is 0.511. The molecule has 3 aliphatic rings. The number of piperidine rings is 2. The number of likely N-dealkylation sites (tertiary alicyclic amines) is 2. The largest absolute Gasteiger partial charge is 0.444 e. The molecule has 2 saturated heterocycles. The molecular formula is C47H56F4N12O6. The maximum Gasteiger partial charge on any atom is 0.410 e. The summed E-state index contributed by atoms with van der Waals surface area (Å²) in [5.74, 6) is -4.53. The van der Waals surface area contributed by atoms with Gasteiger partial charge in [0.15, 0.2) is 0 Å². The van der Waals surface area contributed by atoms with E-state index in [4.69, 9.17) is 15.0 Å². The van der Waals surface area contributed by atoms with Crippen LogP contribution in [0.4, 0.5) is 43.3 Å². The number of fused-ring (bicyclic) bond motifs is 2. The van der Waals surface area contributed by atoms with E-state index in [1.807, 2.05) is 46.1 Å². The third-order valence-electron chi connectivity index (χ3n) is 12.1. The van der Waals surface area contributed by atoms with Crippen LogP contribution in [0.3, 0.4) is 0 Å². The summed E-state index contributed by atoms with van der Waals surface area (Å²) >= 11 is 0. The maximum absolute atomic E-state index is 14.2. The highest BCUT2D eigenvalue weighted by atomic mass is 19.3. The number of hydrogen-bond donors (Lipinski definition) is 2. The average molecular weight is 961 g/mol. The third-order valence-corrected chi connectivity index (χ3v) is 12.1. The summed E-state index contributed by atoms with van der Waals surface area (Å²) in [6.07, 6.45) is 9.29. The van der Waals surface area contributed by atoms with Crippen molar-refractivity contribution in [3.8, 4) is 0 Å². The molecule has 1 aliphatic carbocycles. The standard InChI is InChI=1S/C29H35F3N6O3.C18H21FN6O3/c1-28(2,3)41-27(40)37-12-8-21(9-13-37)38-17-24(22-14-19(30)15-34-25(22)38)36-26(39)35-20-4-5-23(33-16-20)18-6-10-29(31,32)11-7-18;1-18(2,3)28-17(27)24-6-4-12(5-7-24)25-10-14(16(26)22-23-20)13-8-11(19)9-21-15(13)25/h4-5,14-18,21H,6-13H2,1-3H3,(H2,35,36,39);8-10,12H,4-7H2,1-3H3. The monoisotopic (exact) mass is 960 g/mol. The van der Waals surface area contributed by atoms with Crippen molar-refractivity contribution in [1.82, 2.24) is 33.9 Å². The molecule has 0 atom stereocenters. The van der Waals surface area contributed by atoms with Crippen LogP contribution in [-0.2, 0) is 9.47 Å². The summed E-state index contributed by atoms with van der Waals surface area (Å²) in [7, 11) is 0. The predicted molar refractivity (Wildman–Crippen MR) is 248 cm³/mol. The van der Waals surface area contributed by atoms with Gasteiger partial charge in [0.1, 0.15) is 34.1 Å². The van der Waals surface area contributed by atoms with Crippen molar-refractivity contribution < 1.29 is 46.2 Å². The van der Waals surface area contributed by atoms with Crippen LogP contribution in [0.5, 0.6) is 0 Å². The number of rotatable bonds is 6. The number of hydrogen-bond acceptors (Lipinski definition) is 9. The minimum atomic E-state index is -2.60. The van der Waals surface area contributed by atoms with Crippen LogP contribution in [-0.4, -0.2) is 101 Å². The van der Waals surface area contributed by atoms with Crippen LogP contribution in [0, 0.1) is 11.6 Å². The number of nitrogens with zero attached hydrogens (tertiary/aromatic N) is 10. The molecule has 18 nitrogen and oxygen atoms in total. The van der Waals surface area contributed by atoms with Crippen molar-refractivity contribution in [2.24, 2.45) is 5.11 Å². The van der Waals surface area contributed by atoms with E-state index in [0.717, 1.165) is 18.1 Å². The topological polar surface area (TPSA) is 215 Å². The molecule has 0 radical (unpaired) electrons. The molecule has 368 valence electrons. The molecule has 5 aromatic rings. The van der Waals surface area contributed by atoms with Crippen LogP contribution in [0.15, 0.2) is 60.4 Å². The number of pyridine rings is 3. The predicted octanol–water partition coefficient (Wildman–Crippen LogP) is 11.3. The summed E-state index contributed by atoms with van der Waals surface area (Å²) in [5, 5.41) is 9.38. The summed E-state index contributed by atoms with van der Waals surface area (Å²) < 4.78 is 69.4. The Balaban J connectivity index is 0.000000219. The molecule has 2 N–H and O–H groups in total. The van der Waals surface area contributed by atoms with E-state index in [0.29, 0.717) is 98.1 Å². The minimum Gasteiger partial charge on any atom is -0.444 e. The van der Waals surface area contributed by atoms with Crippen LogP contribution in [0.1, 0.15) is 127 Å². The van der Waals surface area contributed by atoms with Gasteiger partial charge in [0, 0.05) is 90.8 Å². The van der Waals surface area contributed by atoms with Gasteiger partial charge in [-0.1, -0.05) is 0 Å². The number of amides is 5. The number of anilines is 2. The maximum atomic E-state index is 14.2. The fourth-order valence-corrected chi connectivity index (χ4v) is 8.78. The highest BCUT2D eigenvalue weighted by Gasteiger charge is 2.36. The molecule has 0 aromatic carbocycles. The first-order valence-corrected chi connectivity index (χ1v) is 22.9. The van der Waals surface area contributed by atoms with E-state index in [1.165, 1.54) is 18.3 Å². The Bertz CT molecular complexity index is 2740. The van der Waals surface area contributed by atoms with E-state index in [1.54, 1.807) is 38.9 Å². The van der Waals surface area contributed by atoms with Crippen LogP contribution in [0.25, 0.3) is 32.5 Å². The molecular weight excluding hydrogens is 905 g/mol. The van der Waals surface area contributed by atoms with Gasteiger partial charge < -0.3 is 39.0 Å². The van der Waals surface area contributed by atoms with Crippen LogP contribution < -0.4 is 10.6 Å². The molecule has 7 heterocycles. The first-order chi connectivity index (χ1) is 32.6. The molecule has 0 spiro atoms. The second-order valence-electron chi connectivity index (χ2n) is 19.5. The highest BCUT2D eigenvalue weighted by Crippen LogP contribution is 2.40. The van der Waals surface area contributed by atoms with E-state index in [-0.39, 0.29) is 48.6 Å². The molecule has 0 unspecified atom stereocenters. The van der Waals surface area contributed by atoms with Gasteiger partial charge in [-0.3, -0.25) is 9.78 Å². The molecule has 8 rings (SSSR count). The Morgan fingerprint density at radius 1 is 0.725 bits per heavy atom. The number of alkyl halides is 2. The minimum absolute atomic E-state index is 0.00996. The Kier molecular flexibility index (Phi) is 14.7. The molecule has 0 bridgehead atoms. The van der Waals surface area contributed by atoms with Gasteiger partial charge in [-0.15, -0.1) is 0 Å². The van der Waals surface area contributed by atoms with Gasteiger partial charge >= 0.3 is 18.2 Å². The number of aromatic nitrogens is 5. The molecule has 3 fully saturated rings. The Morgan fingerprint density at radius 2 is 1.23 bits per heavy atom. The van der Waals surface area contributed by atoms with E-state index < -0.39 is 40.7 Å². The first-order valence-electron chi connectivity index (χ1n) is 22.9. The SMILES string of the molecule is CC(C)(C)OC(=O)N1CCC(n2cc(C(=O)N=[N+]=[N-])c3cc(F)cnc32)CC1.CC(C)(C)OC(=O)N1CCC(n2cc(NC(=O)Nc3ccc(C4CCC(F)(F)CC4)nc3)c3cc(F)cnc32)CC1. The Hall–Kier alpha value is -6.96. The highest BCUT2D eigenvalue weighted by molar-refractivity contribution is 6.07. The van der Waals surface area contributed by atoms with Gasteiger partial charge in [0.25, 0.3) is 5.91 Å². The Labute approximate surface area is 395 Å². The number of carbonyl (C=O) groups excluding carboxylic acids is 4. The van der Waals surface area contributed by atoms with Crippen molar-refractivity contribution in [1.29, 1.82) is 0 Å². The van der Waals surface area contributed by atoms with Gasteiger partial charge in [-0.25, -0.2) is 41.9 Å². The lowest BCUT2D eigenvalue weighted by Gasteiger charge is -2.34. The lowest BCUT2D eigenvalue weighted by Crippen LogP contribution is -2.42. The number of azide groups is 1. The summed E-state index contributed by atoms with van der Waals surface area (Å²) in [5.41, 5.74) is 10.0. The van der Waals surface area contributed by atoms with Crippen molar-refractivity contribution in [3.05, 3.63) is 88.6 Å². The van der Waals surface area contributed by atoms with Gasteiger partial charge in [-0.05, 0) is 115 Å². The van der Waals surface area contributed by atoms with E-state index in [9.17, 15) is 36.7 Å². The van der Waals surface area contributed by atoms with Crippen molar-refractivity contribution in [2.75, 3.05) is 36.8 Å². The van der Waals surface area contributed by atoms with Crippen molar-refractivity contribution >= 4 is 57.6 Å². The first kappa shape index (κ1) is 49.9. The number of urea groups is 1. The number of carbonyl (C=O) groups is 4. The fourth-order valence-electron chi connectivity index (χ4n) is 8.78. The average Bonchev–Trinajstić information content (AvgIpc) is 3.83. The quantitative estimate of drug-likeness (QED) is 0.0715. The van der Waals surface area contributed by atoms with Crippen LogP contribution >= 0.6 is 0 Å². The third kappa shape index (κ3) is 12.6. The molecule has 22 heteroatoms. The van der Waals surface area contributed by atoms with E-state index in [2.05, 4.69) is 35.6 Å². The lowest BCUT2D eigenvalue weighted by atomic mass is 9.84. The number of halogens is 4. The van der Waals surface area contributed by atoms with Crippen LogP contribution in [0.2, 0.25) is 0 Å². The molecule has 5 aromatic heterocycles. The zero-order valence-corrected chi connectivity index (χ0v) is 39.3. The van der Waals surface area contributed by atoms with Gasteiger partial charge in [0.05, 0.1) is 35.5 Å². The zero-order chi connectivity index (χ0) is 49.8. The molecule has 5 amide bonds. The molecule has 69 heavy (non-hydrogen) atoms. The normalized spacial score (nSPS) is 17.1. The van der Waals surface area contributed by atoms with E-state index >= 15 is 0 Å². The second-order valence-corrected chi connectivity index (χ2v) is 19.5. The lowest BCUT2D eigenvalue weighted by molar-refractivity contribution is -0.0385. The summed E-state index contributed by atoms with van der Waals surface area (Å²) in [6.45, 7) is 12.9. The van der Waals surface area contributed by atoms with Gasteiger partial charge in [-0.2, -0.15) is 0 Å². The summed E-state index contributed by atoms with van der Waals surface area (Å²) in [4.78, 5) is 68.3. The Morgan fingerprint density at radius 3 is 1.72 bits per heavy atom. The van der Waals surface area contributed by atoms with Crippen molar-refractivity contribution in [3.63, 3.8) is 0 Å². The smallest absolute Gasteiger partial charge is 0.410 e. The summed E-state index contributed by atoms with van der Waals surface area (Å²) in [6, 6.07) is 5.38. The van der Waals surface area contributed by atoms with Crippen molar-refractivity contribution in [2.45, 2.75) is 128 Å². The number of nitrogens with one attached hydrogen (secondary N) is 2. The van der Waals surface area contributed by atoms with Gasteiger partial charge in [0.2, 0.25) is 5.92 Å². The number of ether oxygens (including phenoxy) is 2.